The summed E-state index contributed by atoms with van der Waals surface area (Å²) < 4.78 is 5.70. The number of fused-ring (bicyclic) bond motifs is 2. The summed E-state index contributed by atoms with van der Waals surface area (Å²) in [7, 11) is 1.65. The van der Waals surface area contributed by atoms with E-state index in [4.69, 9.17) is 10.00 Å². The fourth-order valence-corrected chi connectivity index (χ4v) is 4.66. The molecule has 4 rings (SSSR count). The van der Waals surface area contributed by atoms with Gasteiger partial charge in [-0.1, -0.05) is 48.5 Å². The van der Waals surface area contributed by atoms with Crippen LogP contribution in [-0.2, 0) is 27.2 Å². The molecule has 3 atom stereocenters. The van der Waals surface area contributed by atoms with Crippen molar-refractivity contribution in [1.29, 1.82) is 5.26 Å². The minimum Gasteiger partial charge on any atom is -0.375 e. The van der Waals surface area contributed by atoms with Gasteiger partial charge in [0.15, 0.2) is 0 Å². The summed E-state index contributed by atoms with van der Waals surface area (Å²) in [6.07, 6.45) is 1.45. The highest BCUT2D eigenvalue weighted by molar-refractivity contribution is 5.90. The van der Waals surface area contributed by atoms with Crippen LogP contribution in [0.25, 0.3) is 0 Å². The van der Waals surface area contributed by atoms with Gasteiger partial charge in [0.2, 0.25) is 11.8 Å². The van der Waals surface area contributed by atoms with Crippen molar-refractivity contribution >= 4 is 11.8 Å². The van der Waals surface area contributed by atoms with E-state index in [2.05, 4.69) is 11.4 Å². The van der Waals surface area contributed by atoms with E-state index in [1.54, 1.807) is 12.0 Å². The lowest BCUT2D eigenvalue weighted by atomic mass is 9.91. The summed E-state index contributed by atoms with van der Waals surface area (Å²) in [4.78, 5) is 27.9. The molecule has 1 aliphatic heterocycles. The van der Waals surface area contributed by atoms with E-state index in [-0.39, 0.29) is 36.8 Å². The van der Waals surface area contributed by atoms with Crippen molar-refractivity contribution in [3.8, 4) is 6.07 Å². The summed E-state index contributed by atoms with van der Waals surface area (Å²) in [6.45, 7) is 0.470. The maximum atomic E-state index is 13.5. The number of nitrogens with one attached hydrogen (secondary N) is 1. The highest BCUT2D eigenvalue weighted by Gasteiger charge is 2.39. The van der Waals surface area contributed by atoms with Gasteiger partial charge in [0.1, 0.15) is 12.1 Å². The molecule has 6 nitrogen and oxygen atoms in total. The smallest absolute Gasteiger partial charge is 0.247 e. The number of rotatable bonds is 5. The Bertz CT molecular complexity index is 997. The zero-order valence-corrected chi connectivity index (χ0v) is 17.0. The van der Waals surface area contributed by atoms with Gasteiger partial charge in [-0.05, 0) is 35.1 Å². The van der Waals surface area contributed by atoms with Crippen molar-refractivity contribution in [2.75, 3.05) is 13.7 Å². The van der Waals surface area contributed by atoms with Crippen LogP contribution in [0, 0.1) is 11.3 Å². The average molecular weight is 403 g/mol. The van der Waals surface area contributed by atoms with Gasteiger partial charge < -0.3 is 15.0 Å². The van der Waals surface area contributed by atoms with E-state index in [9.17, 15) is 9.59 Å². The lowest BCUT2D eigenvalue weighted by molar-refractivity contribution is -0.142. The van der Waals surface area contributed by atoms with Crippen LogP contribution >= 0.6 is 0 Å². The molecule has 30 heavy (non-hydrogen) atoms. The zero-order chi connectivity index (χ0) is 21.1. The second-order valence-corrected chi connectivity index (χ2v) is 7.77. The molecule has 3 unspecified atom stereocenters. The molecule has 0 fully saturated rings. The third-order valence-electron chi connectivity index (χ3n) is 6.05. The van der Waals surface area contributed by atoms with Crippen molar-refractivity contribution in [2.45, 2.75) is 43.9 Å². The zero-order valence-electron chi connectivity index (χ0n) is 17.0. The Morgan fingerprint density at radius 1 is 1.13 bits per heavy atom. The molecular weight excluding hydrogens is 378 g/mol. The molecule has 0 aromatic heterocycles. The highest BCUT2D eigenvalue weighted by Crippen LogP contribution is 2.35. The van der Waals surface area contributed by atoms with Crippen LogP contribution in [0.1, 0.15) is 47.2 Å². The van der Waals surface area contributed by atoms with Crippen LogP contribution < -0.4 is 5.32 Å². The van der Waals surface area contributed by atoms with Crippen molar-refractivity contribution < 1.29 is 14.3 Å². The van der Waals surface area contributed by atoms with Crippen molar-refractivity contribution in [3.05, 3.63) is 70.8 Å². The molecule has 0 saturated heterocycles. The van der Waals surface area contributed by atoms with Crippen LogP contribution in [0.2, 0.25) is 0 Å². The minimum absolute atomic E-state index is 0.123. The standard InChI is InChI=1S/C24H25N3O3/c1-30-23-19-10-5-3-8-17(19)15-20(23)26-24(29)22-18-9-4-2-7-16(18)12-14-27(22)21(28)11-6-13-25/h2-5,7-10,20,22-23H,6,11-12,14-15H2,1H3,(H,26,29). The summed E-state index contributed by atoms with van der Waals surface area (Å²) in [5.74, 6) is -0.364. The van der Waals surface area contributed by atoms with Gasteiger partial charge in [-0.15, -0.1) is 0 Å². The fraction of sp³-hybridized carbons (Fsp3) is 0.375. The van der Waals surface area contributed by atoms with Gasteiger partial charge in [0.25, 0.3) is 0 Å². The lowest BCUT2D eigenvalue weighted by Crippen LogP contribution is -2.50. The summed E-state index contributed by atoms with van der Waals surface area (Å²) in [6, 6.07) is 17.0. The molecule has 2 aromatic rings. The molecule has 1 aliphatic carbocycles. The largest absolute Gasteiger partial charge is 0.375 e. The number of carbonyl (C=O) groups is 2. The Morgan fingerprint density at radius 3 is 2.57 bits per heavy atom. The van der Waals surface area contributed by atoms with Gasteiger partial charge in [0.05, 0.1) is 12.1 Å². The lowest BCUT2D eigenvalue weighted by Gasteiger charge is -2.37. The van der Waals surface area contributed by atoms with Crippen LogP contribution in [0.5, 0.6) is 0 Å². The Kier molecular flexibility index (Phi) is 5.82. The van der Waals surface area contributed by atoms with E-state index in [0.29, 0.717) is 19.4 Å². The third-order valence-corrected chi connectivity index (χ3v) is 6.05. The normalized spacial score (nSPS) is 22.0. The number of hydrogen-bond donors (Lipinski definition) is 1. The molecule has 0 spiro atoms. The first kappa shape index (κ1) is 20.1. The molecule has 1 heterocycles. The van der Waals surface area contributed by atoms with Gasteiger partial charge >= 0.3 is 0 Å². The maximum Gasteiger partial charge on any atom is 0.247 e. The highest BCUT2D eigenvalue weighted by atomic mass is 16.5. The summed E-state index contributed by atoms with van der Waals surface area (Å²) >= 11 is 0. The van der Waals surface area contributed by atoms with Crippen molar-refractivity contribution in [3.63, 3.8) is 0 Å². The predicted octanol–water partition coefficient (Wildman–Crippen LogP) is 2.84. The topological polar surface area (TPSA) is 82.4 Å². The maximum absolute atomic E-state index is 13.5. The van der Waals surface area contributed by atoms with Crippen molar-refractivity contribution in [1.82, 2.24) is 10.2 Å². The van der Waals surface area contributed by atoms with Gasteiger partial charge in [0, 0.05) is 26.5 Å². The van der Waals surface area contributed by atoms with E-state index in [1.807, 2.05) is 48.5 Å². The van der Waals surface area contributed by atoms with Gasteiger partial charge in [-0.25, -0.2) is 0 Å². The molecule has 2 aliphatic rings. The van der Waals surface area contributed by atoms with Crippen LogP contribution in [-0.4, -0.2) is 36.4 Å². The number of benzene rings is 2. The molecule has 0 bridgehead atoms. The van der Waals surface area contributed by atoms with E-state index in [1.165, 1.54) is 5.56 Å². The number of carbonyl (C=O) groups excluding carboxylic acids is 2. The molecule has 2 amide bonds. The van der Waals surface area contributed by atoms with Crippen LogP contribution in [0.3, 0.4) is 0 Å². The van der Waals surface area contributed by atoms with Crippen LogP contribution in [0.15, 0.2) is 48.5 Å². The van der Waals surface area contributed by atoms with E-state index >= 15 is 0 Å². The molecule has 1 N–H and O–H groups in total. The van der Waals surface area contributed by atoms with Crippen molar-refractivity contribution in [2.24, 2.45) is 0 Å². The predicted molar refractivity (Wildman–Crippen MR) is 111 cm³/mol. The molecular formula is C24H25N3O3. The number of hydrogen-bond acceptors (Lipinski definition) is 4. The Morgan fingerprint density at radius 2 is 1.83 bits per heavy atom. The SMILES string of the molecule is COC1c2ccccc2CC1NC(=O)C1c2ccccc2CCN1C(=O)CCC#N. The molecule has 2 aromatic carbocycles. The van der Waals surface area contributed by atoms with Crippen LogP contribution in [0.4, 0.5) is 0 Å². The first-order valence-corrected chi connectivity index (χ1v) is 10.3. The summed E-state index contributed by atoms with van der Waals surface area (Å²) in [5, 5.41) is 12.0. The average Bonchev–Trinajstić information content (AvgIpc) is 3.13. The quantitative estimate of drug-likeness (QED) is 0.832. The van der Waals surface area contributed by atoms with E-state index < -0.39 is 6.04 Å². The minimum atomic E-state index is -0.692. The first-order valence-electron chi connectivity index (χ1n) is 10.3. The number of amides is 2. The molecule has 0 radical (unpaired) electrons. The Labute approximate surface area is 176 Å². The first-order chi connectivity index (χ1) is 14.6. The molecule has 0 saturated carbocycles. The Balaban J connectivity index is 1.60. The number of nitriles is 1. The third kappa shape index (κ3) is 3.69. The van der Waals surface area contributed by atoms with E-state index in [0.717, 1.165) is 16.7 Å². The summed E-state index contributed by atoms with van der Waals surface area (Å²) in [5.41, 5.74) is 4.20. The van der Waals surface area contributed by atoms with Gasteiger partial charge in [-0.2, -0.15) is 5.26 Å². The second-order valence-electron chi connectivity index (χ2n) is 7.77. The number of methoxy groups -OCH3 is 1. The fourth-order valence-electron chi connectivity index (χ4n) is 4.66. The molecule has 6 heteroatoms. The van der Waals surface area contributed by atoms with Gasteiger partial charge in [-0.3, -0.25) is 9.59 Å². The monoisotopic (exact) mass is 403 g/mol. The number of nitrogens with zero attached hydrogens (tertiary/aromatic N) is 2. The second kappa shape index (κ2) is 8.68. The number of ether oxygens (including phenoxy) is 1. The Hall–Kier alpha value is -3.17. The molecule has 154 valence electrons.